The molecule has 110 valence electrons. The summed E-state index contributed by atoms with van der Waals surface area (Å²) < 4.78 is 24.7. The van der Waals surface area contributed by atoms with Crippen LogP contribution in [-0.4, -0.2) is 20.4 Å². The molecular weight excluding hydrogens is 271 g/mol. The summed E-state index contributed by atoms with van der Waals surface area (Å²) in [6, 6.07) is 12.0. The fourth-order valence-electron chi connectivity index (χ4n) is 1.85. The van der Waals surface area contributed by atoms with Gasteiger partial charge in [-0.15, -0.1) is 0 Å². The highest BCUT2D eigenvalue weighted by atomic mass is 19.1. The van der Waals surface area contributed by atoms with E-state index in [1.807, 2.05) is 12.1 Å². The van der Waals surface area contributed by atoms with Crippen LogP contribution in [0.25, 0.3) is 0 Å². The Bertz CT molecular complexity index is 629. The van der Waals surface area contributed by atoms with E-state index in [0.29, 0.717) is 17.1 Å². The van der Waals surface area contributed by atoms with E-state index in [9.17, 15) is 4.39 Å². The molecule has 0 heterocycles. The zero-order chi connectivity index (χ0) is 15.1. The standard InChI is InChI=1S/C16H17FN2O2/c1-18-19-10-12-7-5-9-15(20-2)16(12)21-11-13-6-3-4-8-14(13)17/h3-10,18H,11H2,1-2H3/b19-10+. The van der Waals surface area contributed by atoms with Gasteiger partial charge in [0.25, 0.3) is 0 Å². The quantitative estimate of drug-likeness (QED) is 0.656. The minimum Gasteiger partial charge on any atom is -0.493 e. The Hall–Kier alpha value is -2.56. The lowest BCUT2D eigenvalue weighted by atomic mass is 10.2. The van der Waals surface area contributed by atoms with Crippen LogP contribution in [0.1, 0.15) is 11.1 Å². The van der Waals surface area contributed by atoms with Crippen molar-refractivity contribution in [3.8, 4) is 11.5 Å². The van der Waals surface area contributed by atoms with Crippen LogP contribution in [0.5, 0.6) is 11.5 Å². The summed E-state index contributed by atoms with van der Waals surface area (Å²) in [5, 5.41) is 3.97. The fraction of sp³-hybridized carbons (Fsp3) is 0.188. The van der Waals surface area contributed by atoms with E-state index < -0.39 is 0 Å². The van der Waals surface area contributed by atoms with Crippen LogP contribution in [0.15, 0.2) is 47.6 Å². The average Bonchev–Trinajstić information content (AvgIpc) is 2.52. The summed E-state index contributed by atoms with van der Waals surface area (Å²) in [5.74, 6) is 0.812. The number of para-hydroxylation sites is 1. The van der Waals surface area contributed by atoms with E-state index in [4.69, 9.17) is 9.47 Å². The number of hydrogen-bond acceptors (Lipinski definition) is 4. The molecule has 0 aromatic heterocycles. The molecule has 2 aromatic carbocycles. The van der Waals surface area contributed by atoms with Crippen molar-refractivity contribution < 1.29 is 13.9 Å². The zero-order valence-electron chi connectivity index (χ0n) is 12.0. The number of halogens is 1. The molecule has 5 heteroatoms. The normalized spacial score (nSPS) is 10.6. The number of nitrogens with zero attached hydrogens (tertiary/aromatic N) is 1. The van der Waals surface area contributed by atoms with Crippen molar-refractivity contribution in [3.63, 3.8) is 0 Å². The van der Waals surface area contributed by atoms with Gasteiger partial charge in [0, 0.05) is 18.2 Å². The minimum atomic E-state index is -0.294. The van der Waals surface area contributed by atoms with Gasteiger partial charge in [0.05, 0.1) is 13.3 Å². The van der Waals surface area contributed by atoms with Crippen LogP contribution in [0.4, 0.5) is 4.39 Å². The van der Waals surface area contributed by atoms with Crippen LogP contribution in [-0.2, 0) is 6.61 Å². The predicted molar refractivity (Wildman–Crippen MR) is 80.4 cm³/mol. The lowest BCUT2D eigenvalue weighted by molar-refractivity contribution is 0.279. The molecule has 0 radical (unpaired) electrons. The van der Waals surface area contributed by atoms with E-state index in [2.05, 4.69) is 10.5 Å². The number of nitrogens with one attached hydrogen (secondary N) is 1. The third kappa shape index (κ3) is 3.72. The molecule has 0 aliphatic carbocycles. The summed E-state index contributed by atoms with van der Waals surface area (Å²) in [7, 11) is 3.26. The highest BCUT2D eigenvalue weighted by molar-refractivity contribution is 5.84. The maximum Gasteiger partial charge on any atom is 0.170 e. The molecule has 0 spiro atoms. The van der Waals surface area contributed by atoms with Crippen molar-refractivity contribution in [2.24, 2.45) is 5.10 Å². The summed E-state index contributed by atoms with van der Waals surface area (Å²) in [4.78, 5) is 0. The van der Waals surface area contributed by atoms with Gasteiger partial charge in [-0.05, 0) is 18.2 Å². The molecule has 0 atom stereocenters. The summed E-state index contributed by atoms with van der Waals surface area (Å²) >= 11 is 0. The number of ether oxygens (including phenoxy) is 2. The Labute approximate surface area is 123 Å². The molecule has 0 bridgehead atoms. The van der Waals surface area contributed by atoms with Crippen LogP contribution in [0, 0.1) is 5.82 Å². The Morgan fingerprint density at radius 3 is 2.71 bits per heavy atom. The fourth-order valence-corrected chi connectivity index (χ4v) is 1.85. The maximum absolute atomic E-state index is 13.6. The van der Waals surface area contributed by atoms with E-state index >= 15 is 0 Å². The largest absolute Gasteiger partial charge is 0.493 e. The topological polar surface area (TPSA) is 42.9 Å². The molecule has 2 aromatic rings. The van der Waals surface area contributed by atoms with E-state index in [-0.39, 0.29) is 12.4 Å². The molecule has 0 saturated carbocycles. The van der Waals surface area contributed by atoms with Gasteiger partial charge in [0.2, 0.25) is 0 Å². The van der Waals surface area contributed by atoms with Crippen molar-refractivity contribution in [1.82, 2.24) is 5.43 Å². The second-order valence-electron chi connectivity index (χ2n) is 4.24. The summed E-state index contributed by atoms with van der Waals surface area (Å²) in [6.07, 6.45) is 1.62. The second-order valence-corrected chi connectivity index (χ2v) is 4.24. The van der Waals surface area contributed by atoms with E-state index in [1.165, 1.54) is 6.07 Å². The van der Waals surface area contributed by atoms with Gasteiger partial charge >= 0.3 is 0 Å². The van der Waals surface area contributed by atoms with Crippen molar-refractivity contribution >= 4 is 6.21 Å². The van der Waals surface area contributed by atoms with E-state index in [0.717, 1.165) is 5.56 Å². The molecule has 2 rings (SSSR count). The number of methoxy groups -OCH3 is 1. The molecule has 0 aliphatic heterocycles. The molecular formula is C16H17FN2O2. The zero-order valence-corrected chi connectivity index (χ0v) is 12.0. The second kappa shape index (κ2) is 7.28. The molecule has 0 saturated heterocycles. The van der Waals surface area contributed by atoms with Crippen molar-refractivity contribution in [1.29, 1.82) is 0 Å². The first-order chi connectivity index (χ1) is 10.3. The molecule has 0 fully saturated rings. The molecule has 0 unspecified atom stereocenters. The molecule has 4 nitrogen and oxygen atoms in total. The van der Waals surface area contributed by atoms with Crippen molar-refractivity contribution in [2.75, 3.05) is 14.2 Å². The number of hydrogen-bond donors (Lipinski definition) is 1. The molecule has 1 N–H and O–H groups in total. The smallest absolute Gasteiger partial charge is 0.170 e. The van der Waals surface area contributed by atoms with Gasteiger partial charge in [-0.2, -0.15) is 5.10 Å². The van der Waals surface area contributed by atoms with Crippen molar-refractivity contribution in [2.45, 2.75) is 6.61 Å². The SMILES string of the molecule is CN/N=C/c1cccc(OC)c1OCc1ccccc1F. The van der Waals surface area contributed by atoms with Gasteiger partial charge in [-0.3, -0.25) is 0 Å². The van der Waals surface area contributed by atoms with Crippen molar-refractivity contribution in [3.05, 3.63) is 59.4 Å². The monoisotopic (exact) mass is 288 g/mol. The first-order valence-corrected chi connectivity index (χ1v) is 6.49. The third-order valence-corrected chi connectivity index (χ3v) is 2.89. The first kappa shape index (κ1) is 14.8. The maximum atomic E-state index is 13.6. The molecule has 21 heavy (non-hydrogen) atoms. The lowest BCUT2D eigenvalue weighted by Gasteiger charge is -2.13. The van der Waals surface area contributed by atoms with Crippen LogP contribution >= 0.6 is 0 Å². The Balaban J connectivity index is 2.25. The third-order valence-electron chi connectivity index (χ3n) is 2.89. The number of rotatable bonds is 6. The first-order valence-electron chi connectivity index (χ1n) is 6.49. The highest BCUT2D eigenvalue weighted by Gasteiger charge is 2.10. The minimum absolute atomic E-state index is 0.118. The Kier molecular flexibility index (Phi) is 5.15. The van der Waals surface area contributed by atoms with E-state index in [1.54, 1.807) is 44.6 Å². The van der Waals surface area contributed by atoms with Gasteiger partial charge < -0.3 is 14.9 Å². The van der Waals surface area contributed by atoms with Crippen LogP contribution in [0.2, 0.25) is 0 Å². The van der Waals surface area contributed by atoms with Gasteiger partial charge in [0.1, 0.15) is 12.4 Å². The van der Waals surface area contributed by atoms with Gasteiger partial charge in [0.15, 0.2) is 11.5 Å². The van der Waals surface area contributed by atoms with Gasteiger partial charge in [-0.25, -0.2) is 4.39 Å². The summed E-state index contributed by atoms with van der Waals surface area (Å²) in [5.41, 5.74) is 3.91. The predicted octanol–water partition coefficient (Wildman–Crippen LogP) is 2.97. The number of hydrazone groups is 1. The molecule has 0 amide bonds. The highest BCUT2D eigenvalue weighted by Crippen LogP contribution is 2.31. The lowest BCUT2D eigenvalue weighted by Crippen LogP contribution is -2.03. The van der Waals surface area contributed by atoms with Crippen LogP contribution < -0.4 is 14.9 Å². The number of benzene rings is 2. The summed E-state index contributed by atoms with van der Waals surface area (Å²) in [6.45, 7) is 0.118. The Morgan fingerprint density at radius 2 is 2.00 bits per heavy atom. The Morgan fingerprint density at radius 1 is 1.19 bits per heavy atom. The average molecular weight is 288 g/mol. The van der Waals surface area contributed by atoms with Crippen LogP contribution in [0.3, 0.4) is 0 Å². The molecule has 0 aliphatic rings. The van der Waals surface area contributed by atoms with Gasteiger partial charge in [-0.1, -0.05) is 24.3 Å².